The minimum atomic E-state index is -0.231. The molecule has 0 aliphatic rings. The molecule has 0 bridgehead atoms. The molecule has 0 saturated heterocycles. The molecule has 0 aromatic carbocycles. The molecule has 2 aromatic heterocycles. The van der Waals surface area contributed by atoms with Gasteiger partial charge in [0, 0.05) is 24.2 Å². The van der Waals surface area contributed by atoms with Crippen LogP contribution in [0.25, 0.3) is 0 Å². The molecule has 2 heterocycles. The SMILES string of the molecule is CCCc1cc(=O)[nH]c(Sc2nccnc2C(N)=NO)n1. The Bertz CT molecular complexity index is 715. The Morgan fingerprint density at radius 1 is 1.48 bits per heavy atom. The molecule has 9 heteroatoms. The predicted octanol–water partition coefficient (Wildman–Crippen LogP) is 0.758. The topological polar surface area (TPSA) is 130 Å². The normalized spacial score (nSPS) is 11.6. The van der Waals surface area contributed by atoms with E-state index in [1.807, 2.05) is 6.92 Å². The van der Waals surface area contributed by atoms with Gasteiger partial charge < -0.3 is 15.9 Å². The molecule has 0 radical (unpaired) electrons. The lowest BCUT2D eigenvalue weighted by atomic mass is 10.2. The van der Waals surface area contributed by atoms with E-state index in [4.69, 9.17) is 10.9 Å². The van der Waals surface area contributed by atoms with Crippen LogP contribution in [-0.2, 0) is 6.42 Å². The van der Waals surface area contributed by atoms with Gasteiger partial charge in [0.25, 0.3) is 5.56 Å². The van der Waals surface area contributed by atoms with Crippen LogP contribution in [0, 0.1) is 0 Å². The molecule has 2 rings (SSSR count). The molecule has 0 aliphatic carbocycles. The number of aromatic nitrogens is 4. The van der Waals surface area contributed by atoms with Crippen LogP contribution >= 0.6 is 11.8 Å². The average molecular weight is 306 g/mol. The Labute approximate surface area is 124 Å². The van der Waals surface area contributed by atoms with Gasteiger partial charge in [-0.3, -0.25) is 4.79 Å². The van der Waals surface area contributed by atoms with Gasteiger partial charge in [0.2, 0.25) is 0 Å². The monoisotopic (exact) mass is 306 g/mol. The van der Waals surface area contributed by atoms with Crippen LogP contribution < -0.4 is 11.3 Å². The van der Waals surface area contributed by atoms with Crippen molar-refractivity contribution in [2.45, 2.75) is 29.9 Å². The summed E-state index contributed by atoms with van der Waals surface area (Å²) in [6, 6.07) is 1.47. The van der Waals surface area contributed by atoms with E-state index in [0.29, 0.717) is 22.3 Å². The summed E-state index contributed by atoms with van der Waals surface area (Å²) in [7, 11) is 0. The molecule has 21 heavy (non-hydrogen) atoms. The van der Waals surface area contributed by atoms with Gasteiger partial charge in [0.05, 0.1) is 0 Å². The van der Waals surface area contributed by atoms with Crippen molar-refractivity contribution < 1.29 is 5.21 Å². The first-order valence-electron chi connectivity index (χ1n) is 6.21. The number of nitrogens with one attached hydrogen (secondary N) is 1. The first kappa shape index (κ1) is 15.0. The average Bonchev–Trinajstić information content (AvgIpc) is 2.47. The maximum absolute atomic E-state index is 11.6. The highest BCUT2D eigenvalue weighted by molar-refractivity contribution is 7.99. The number of rotatable bonds is 5. The van der Waals surface area contributed by atoms with Gasteiger partial charge in [-0.1, -0.05) is 18.5 Å². The summed E-state index contributed by atoms with van der Waals surface area (Å²) in [5, 5.41) is 12.4. The summed E-state index contributed by atoms with van der Waals surface area (Å²) < 4.78 is 0. The summed E-state index contributed by atoms with van der Waals surface area (Å²) in [5.74, 6) is -0.155. The first-order valence-corrected chi connectivity index (χ1v) is 7.02. The Kier molecular flexibility index (Phi) is 4.88. The number of oxime groups is 1. The molecule has 0 amide bonds. The maximum Gasteiger partial charge on any atom is 0.251 e. The minimum absolute atomic E-state index is 0.155. The lowest BCUT2D eigenvalue weighted by Crippen LogP contribution is -2.17. The third-order valence-electron chi connectivity index (χ3n) is 2.49. The number of H-pyrrole nitrogens is 1. The molecule has 110 valence electrons. The second-order valence-corrected chi connectivity index (χ2v) is 5.07. The number of amidine groups is 1. The van der Waals surface area contributed by atoms with Gasteiger partial charge in [-0.15, -0.1) is 0 Å². The molecular formula is C12H14N6O2S. The summed E-state index contributed by atoms with van der Waals surface area (Å²) >= 11 is 1.10. The Morgan fingerprint density at radius 3 is 2.95 bits per heavy atom. The van der Waals surface area contributed by atoms with E-state index in [-0.39, 0.29) is 17.1 Å². The fourth-order valence-electron chi connectivity index (χ4n) is 1.63. The van der Waals surface area contributed by atoms with Crippen molar-refractivity contribution in [1.29, 1.82) is 0 Å². The molecular weight excluding hydrogens is 292 g/mol. The Morgan fingerprint density at radius 2 is 2.24 bits per heavy atom. The number of aryl methyl sites for hydroxylation is 1. The zero-order chi connectivity index (χ0) is 15.2. The van der Waals surface area contributed by atoms with Crippen molar-refractivity contribution in [3.05, 3.63) is 40.2 Å². The van der Waals surface area contributed by atoms with Crippen LogP contribution in [0.15, 0.2) is 38.6 Å². The molecule has 8 nitrogen and oxygen atoms in total. The Hall–Kier alpha value is -2.42. The predicted molar refractivity (Wildman–Crippen MR) is 77.5 cm³/mol. The smallest absolute Gasteiger partial charge is 0.251 e. The molecule has 0 spiro atoms. The zero-order valence-electron chi connectivity index (χ0n) is 11.3. The largest absolute Gasteiger partial charge is 0.409 e. The molecule has 2 aromatic rings. The second-order valence-electron chi connectivity index (χ2n) is 4.09. The fourth-order valence-corrected chi connectivity index (χ4v) is 2.50. The highest BCUT2D eigenvalue weighted by Crippen LogP contribution is 2.24. The van der Waals surface area contributed by atoms with Crippen LogP contribution in [0.3, 0.4) is 0 Å². The number of aromatic amines is 1. The maximum atomic E-state index is 11.6. The number of nitrogens with zero attached hydrogens (tertiary/aromatic N) is 4. The van der Waals surface area contributed by atoms with Crippen LogP contribution in [0.2, 0.25) is 0 Å². The second kappa shape index (κ2) is 6.84. The Balaban J connectivity index is 2.37. The van der Waals surface area contributed by atoms with E-state index < -0.39 is 0 Å². The number of nitrogens with two attached hydrogens (primary N) is 1. The van der Waals surface area contributed by atoms with E-state index in [1.54, 1.807) is 0 Å². The molecule has 0 aliphatic heterocycles. The van der Waals surface area contributed by atoms with Crippen molar-refractivity contribution >= 4 is 17.6 Å². The van der Waals surface area contributed by atoms with E-state index in [9.17, 15) is 4.79 Å². The van der Waals surface area contributed by atoms with Crippen molar-refractivity contribution in [3.8, 4) is 0 Å². The van der Waals surface area contributed by atoms with Gasteiger partial charge in [-0.2, -0.15) is 0 Å². The van der Waals surface area contributed by atoms with Gasteiger partial charge in [-0.25, -0.2) is 15.0 Å². The van der Waals surface area contributed by atoms with Crippen molar-refractivity contribution in [2.75, 3.05) is 0 Å². The highest BCUT2D eigenvalue weighted by Gasteiger charge is 2.13. The molecule has 0 saturated carbocycles. The zero-order valence-corrected chi connectivity index (χ0v) is 12.1. The number of hydrogen-bond donors (Lipinski definition) is 3. The summed E-state index contributed by atoms with van der Waals surface area (Å²) in [6.07, 6.45) is 4.51. The van der Waals surface area contributed by atoms with Gasteiger partial charge in [0.1, 0.15) is 10.7 Å². The number of hydrogen-bond acceptors (Lipinski definition) is 7. The highest BCUT2D eigenvalue weighted by atomic mass is 32.2. The summed E-state index contributed by atoms with van der Waals surface area (Å²) in [4.78, 5) is 26.7. The van der Waals surface area contributed by atoms with Crippen LogP contribution in [0.5, 0.6) is 0 Å². The van der Waals surface area contributed by atoms with Gasteiger partial charge in [0.15, 0.2) is 11.0 Å². The lowest BCUT2D eigenvalue weighted by Gasteiger charge is -2.05. The van der Waals surface area contributed by atoms with E-state index in [2.05, 4.69) is 25.1 Å². The summed E-state index contributed by atoms with van der Waals surface area (Å²) in [6.45, 7) is 2.01. The van der Waals surface area contributed by atoms with Crippen molar-refractivity contribution in [3.63, 3.8) is 0 Å². The minimum Gasteiger partial charge on any atom is -0.409 e. The van der Waals surface area contributed by atoms with Gasteiger partial charge in [-0.05, 0) is 18.2 Å². The standard InChI is InChI=1S/C12H14N6O2S/c1-2-3-7-6-8(19)17-12(16-7)21-11-9(10(13)18-20)14-4-5-15-11/h4-6,20H,2-3H2,1H3,(H2,13,18)(H,16,17,19). The molecule has 4 N–H and O–H groups in total. The van der Waals surface area contributed by atoms with Crippen LogP contribution in [0.1, 0.15) is 24.7 Å². The van der Waals surface area contributed by atoms with E-state index in [0.717, 1.165) is 18.2 Å². The van der Waals surface area contributed by atoms with Crippen LogP contribution in [-0.4, -0.2) is 31.0 Å². The fraction of sp³-hybridized carbons (Fsp3) is 0.250. The molecule has 0 fully saturated rings. The van der Waals surface area contributed by atoms with Gasteiger partial charge >= 0.3 is 0 Å². The van der Waals surface area contributed by atoms with Crippen molar-refractivity contribution in [1.82, 2.24) is 19.9 Å². The summed E-state index contributed by atoms with van der Waals surface area (Å²) in [5.41, 5.74) is 6.25. The molecule has 0 atom stereocenters. The van der Waals surface area contributed by atoms with Crippen LogP contribution in [0.4, 0.5) is 0 Å². The van der Waals surface area contributed by atoms with Crippen molar-refractivity contribution in [2.24, 2.45) is 10.9 Å². The molecule has 0 unspecified atom stereocenters. The third-order valence-corrected chi connectivity index (χ3v) is 3.37. The van der Waals surface area contributed by atoms with E-state index >= 15 is 0 Å². The lowest BCUT2D eigenvalue weighted by molar-refractivity contribution is 0.318. The van der Waals surface area contributed by atoms with E-state index in [1.165, 1.54) is 18.5 Å². The first-order chi connectivity index (χ1) is 10.1. The quantitative estimate of drug-likeness (QED) is 0.244. The third kappa shape index (κ3) is 3.78.